The zero-order chi connectivity index (χ0) is 20.8. The van der Waals surface area contributed by atoms with Gasteiger partial charge in [-0.2, -0.15) is 0 Å². The monoisotopic (exact) mass is 425 g/mol. The molecule has 1 atom stereocenters. The number of morpholine rings is 1. The van der Waals surface area contributed by atoms with Crippen molar-refractivity contribution in [3.63, 3.8) is 0 Å². The number of amides is 1. The number of hydrogen-bond donors (Lipinski definition) is 1. The average molecular weight is 426 g/mol. The van der Waals surface area contributed by atoms with Crippen molar-refractivity contribution < 1.29 is 14.3 Å². The van der Waals surface area contributed by atoms with Crippen LogP contribution in [-0.2, 0) is 16.1 Å². The number of ether oxygens (including phenoxy) is 2. The Kier molecular flexibility index (Phi) is 6.63. The summed E-state index contributed by atoms with van der Waals surface area (Å²) >= 11 is 1.40. The van der Waals surface area contributed by atoms with Gasteiger partial charge in [-0.05, 0) is 36.8 Å². The van der Waals surface area contributed by atoms with Gasteiger partial charge in [0, 0.05) is 18.7 Å². The maximum Gasteiger partial charge on any atom is 0.254 e. The van der Waals surface area contributed by atoms with Crippen molar-refractivity contribution in [1.29, 1.82) is 0 Å². The van der Waals surface area contributed by atoms with Crippen LogP contribution in [-0.4, -0.2) is 52.3 Å². The standard InChI is InChI=1S/C21H23N5O3S/c1-2-28-13-15-6-8-16(9-7-15)20(27)26-10-11-29-18(12-26)17-4-3-5-19(23-17)24-21-25-22-14-30-21/h3-9,14,18H,2,10-13H2,1H3,(H,23,24,25). The normalized spacial score (nSPS) is 16.4. The molecule has 1 unspecified atom stereocenters. The molecule has 1 fully saturated rings. The molecule has 1 aromatic carbocycles. The Morgan fingerprint density at radius 1 is 1.30 bits per heavy atom. The predicted octanol–water partition coefficient (Wildman–Crippen LogP) is 3.43. The molecule has 1 amide bonds. The van der Waals surface area contributed by atoms with Gasteiger partial charge in [0.1, 0.15) is 17.4 Å². The van der Waals surface area contributed by atoms with Gasteiger partial charge in [-0.25, -0.2) is 4.98 Å². The van der Waals surface area contributed by atoms with Crippen molar-refractivity contribution in [2.75, 3.05) is 31.6 Å². The van der Waals surface area contributed by atoms with Crippen LogP contribution in [0.15, 0.2) is 48.0 Å². The van der Waals surface area contributed by atoms with Crippen molar-refractivity contribution in [3.05, 3.63) is 64.8 Å². The minimum atomic E-state index is -0.281. The first-order valence-corrected chi connectivity index (χ1v) is 10.7. The minimum Gasteiger partial charge on any atom is -0.377 e. The first kappa shape index (κ1) is 20.4. The molecule has 0 aliphatic carbocycles. The summed E-state index contributed by atoms with van der Waals surface area (Å²) < 4.78 is 11.3. The largest absolute Gasteiger partial charge is 0.377 e. The summed E-state index contributed by atoms with van der Waals surface area (Å²) in [5.41, 5.74) is 4.14. The van der Waals surface area contributed by atoms with E-state index in [4.69, 9.17) is 9.47 Å². The third-order valence-corrected chi connectivity index (χ3v) is 5.33. The van der Waals surface area contributed by atoms with Crippen molar-refractivity contribution in [2.24, 2.45) is 0 Å². The summed E-state index contributed by atoms with van der Waals surface area (Å²) in [7, 11) is 0. The van der Waals surface area contributed by atoms with Crippen LogP contribution in [0.2, 0.25) is 0 Å². The molecule has 1 aliphatic heterocycles. The van der Waals surface area contributed by atoms with Gasteiger partial charge >= 0.3 is 0 Å². The fourth-order valence-electron chi connectivity index (χ4n) is 3.20. The second-order valence-corrected chi connectivity index (χ2v) is 7.59. The molecule has 1 saturated heterocycles. The van der Waals surface area contributed by atoms with Gasteiger partial charge < -0.3 is 19.7 Å². The summed E-state index contributed by atoms with van der Waals surface area (Å²) in [5.74, 6) is 0.663. The molecular formula is C21H23N5O3S. The number of aromatic nitrogens is 3. The number of hydrogen-bond acceptors (Lipinski definition) is 8. The molecule has 8 nitrogen and oxygen atoms in total. The third-order valence-electron chi connectivity index (χ3n) is 4.72. The highest BCUT2D eigenvalue weighted by Crippen LogP contribution is 2.24. The van der Waals surface area contributed by atoms with Crippen molar-refractivity contribution in [3.8, 4) is 0 Å². The molecule has 1 N–H and O–H groups in total. The van der Waals surface area contributed by atoms with E-state index >= 15 is 0 Å². The Labute approximate surface area is 178 Å². The second-order valence-electron chi connectivity index (χ2n) is 6.76. The van der Waals surface area contributed by atoms with Crippen LogP contribution in [0.25, 0.3) is 0 Å². The fraction of sp³-hybridized carbons (Fsp3) is 0.333. The van der Waals surface area contributed by atoms with Crippen molar-refractivity contribution >= 4 is 28.2 Å². The van der Waals surface area contributed by atoms with Gasteiger partial charge in [0.2, 0.25) is 5.13 Å². The van der Waals surface area contributed by atoms with E-state index < -0.39 is 0 Å². The van der Waals surface area contributed by atoms with Crippen molar-refractivity contribution in [1.82, 2.24) is 20.1 Å². The summed E-state index contributed by atoms with van der Waals surface area (Å²) in [4.78, 5) is 19.4. The van der Waals surface area contributed by atoms with E-state index in [1.54, 1.807) is 5.51 Å². The number of carbonyl (C=O) groups excluding carboxylic acids is 1. The highest BCUT2D eigenvalue weighted by molar-refractivity contribution is 7.13. The Balaban J connectivity index is 1.42. The van der Waals surface area contributed by atoms with E-state index in [1.807, 2.05) is 54.3 Å². The lowest BCUT2D eigenvalue weighted by atomic mass is 10.1. The van der Waals surface area contributed by atoms with Crippen LogP contribution in [0, 0.1) is 0 Å². The molecule has 3 heterocycles. The highest BCUT2D eigenvalue weighted by Gasteiger charge is 2.27. The molecule has 0 spiro atoms. The quantitative estimate of drug-likeness (QED) is 0.620. The average Bonchev–Trinajstić information content (AvgIpc) is 3.31. The number of carbonyl (C=O) groups is 1. The van der Waals surface area contributed by atoms with Gasteiger partial charge in [-0.15, -0.1) is 10.2 Å². The van der Waals surface area contributed by atoms with Crippen LogP contribution in [0.3, 0.4) is 0 Å². The maximum atomic E-state index is 13.0. The van der Waals surface area contributed by atoms with E-state index in [1.165, 1.54) is 11.3 Å². The van der Waals surface area contributed by atoms with Crippen molar-refractivity contribution in [2.45, 2.75) is 19.6 Å². The zero-order valence-corrected chi connectivity index (χ0v) is 17.5. The lowest BCUT2D eigenvalue weighted by Crippen LogP contribution is -2.42. The van der Waals surface area contributed by atoms with E-state index in [-0.39, 0.29) is 12.0 Å². The fourth-order valence-corrected chi connectivity index (χ4v) is 3.65. The molecule has 0 bridgehead atoms. The third kappa shape index (κ3) is 4.99. The Morgan fingerprint density at radius 2 is 2.17 bits per heavy atom. The molecule has 2 aromatic heterocycles. The Morgan fingerprint density at radius 3 is 2.93 bits per heavy atom. The van der Waals surface area contributed by atoms with Gasteiger partial charge in [0.25, 0.3) is 5.91 Å². The zero-order valence-electron chi connectivity index (χ0n) is 16.7. The van der Waals surface area contributed by atoms with Crippen LogP contribution in [0.4, 0.5) is 10.9 Å². The molecule has 3 aromatic rings. The molecular weight excluding hydrogens is 402 g/mol. The first-order chi connectivity index (χ1) is 14.7. The van der Waals surface area contributed by atoms with Gasteiger partial charge in [-0.1, -0.05) is 29.5 Å². The number of anilines is 2. The molecule has 156 valence electrons. The summed E-state index contributed by atoms with van der Waals surface area (Å²) in [6.07, 6.45) is -0.281. The first-order valence-electron chi connectivity index (χ1n) is 9.80. The lowest BCUT2D eigenvalue weighted by Gasteiger charge is -2.33. The number of pyridine rings is 1. The van der Waals surface area contributed by atoms with Gasteiger partial charge in [0.15, 0.2) is 0 Å². The number of rotatable bonds is 7. The summed E-state index contributed by atoms with van der Waals surface area (Å²) in [6, 6.07) is 13.3. The Hall–Kier alpha value is -2.88. The maximum absolute atomic E-state index is 13.0. The number of benzene rings is 1. The minimum absolute atomic E-state index is 0.00519. The van der Waals surface area contributed by atoms with E-state index in [2.05, 4.69) is 20.5 Å². The molecule has 0 saturated carbocycles. The van der Waals surface area contributed by atoms with E-state index in [0.717, 1.165) is 11.3 Å². The smallest absolute Gasteiger partial charge is 0.254 e. The number of nitrogens with one attached hydrogen (secondary N) is 1. The Bertz CT molecular complexity index is 965. The summed E-state index contributed by atoms with van der Waals surface area (Å²) in [6.45, 7) is 4.66. The van der Waals surface area contributed by atoms with Gasteiger partial charge in [0.05, 0.1) is 25.5 Å². The van der Waals surface area contributed by atoms with Gasteiger partial charge in [-0.3, -0.25) is 4.79 Å². The topological polar surface area (TPSA) is 89.5 Å². The SMILES string of the molecule is CCOCc1ccc(C(=O)N2CCOC(c3cccc(Nc4nncs4)n3)C2)cc1. The molecule has 30 heavy (non-hydrogen) atoms. The predicted molar refractivity (Wildman–Crippen MR) is 114 cm³/mol. The molecule has 9 heteroatoms. The van der Waals surface area contributed by atoms with E-state index in [0.29, 0.717) is 49.4 Å². The molecule has 1 aliphatic rings. The summed E-state index contributed by atoms with van der Waals surface area (Å²) in [5, 5.41) is 11.6. The molecule has 0 radical (unpaired) electrons. The molecule has 4 rings (SSSR count). The lowest BCUT2D eigenvalue weighted by molar-refractivity contribution is -0.0246. The number of nitrogens with zero attached hydrogens (tertiary/aromatic N) is 4. The van der Waals surface area contributed by atoms with Crippen LogP contribution < -0.4 is 5.32 Å². The highest BCUT2D eigenvalue weighted by atomic mass is 32.1. The van der Waals surface area contributed by atoms with Crippen LogP contribution in [0.1, 0.15) is 34.6 Å². The van der Waals surface area contributed by atoms with E-state index in [9.17, 15) is 4.79 Å². The van der Waals surface area contributed by atoms with Crippen LogP contribution in [0.5, 0.6) is 0 Å². The van der Waals surface area contributed by atoms with Crippen LogP contribution >= 0.6 is 11.3 Å². The second kappa shape index (κ2) is 9.75.